The van der Waals surface area contributed by atoms with Crippen molar-refractivity contribution in [3.63, 3.8) is 0 Å². The number of nitrogens with zero attached hydrogens (tertiary/aromatic N) is 2. The molecule has 7 nitrogen and oxygen atoms in total. The minimum atomic E-state index is -3.70. The second-order valence-electron chi connectivity index (χ2n) is 7.44. The van der Waals surface area contributed by atoms with Crippen molar-refractivity contribution in [2.75, 3.05) is 55.4 Å². The van der Waals surface area contributed by atoms with Crippen LogP contribution in [0.5, 0.6) is 0 Å². The van der Waals surface area contributed by atoms with E-state index in [1.54, 1.807) is 30.3 Å². The maximum atomic E-state index is 13.8. The zero-order valence-electron chi connectivity index (χ0n) is 18.9. The summed E-state index contributed by atoms with van der Waals surface area (Å²) in [5.74, 6) is -0.167. The van der Waals surface area contributed by atoms with Crippen LogP contribution in [0.2, 0.25) is 0 Å². The van der Waals surface area contributed by atoms with E-state index in [9.17, 15) is 17.6 Å². The van der Waals surface area contributed by atoms with Crippen LogP contribution in [-0.4, -0.2) is 63.8 Å². The number of sulfonamides is 1. The topological polar surface area (TPSA) is 79.0 Å². The Kier molecular flexibility index (Phi) is 9.13. The van der Waals surface area contributed by atoms with Crippen LogP contribution in [0.4, 0.5) is 15.8 Å². The Labute approximate surface area is 199 Å². The maximum Gasteiger partial charge on any atom is 0.243 e. The van der Waals surface area contributed by atoms with E-state index in [0.717, 1.165) is 5.69 Å². The Morgan fingerprint density at radius 2 is 1.85 bits per heavy atom. The molecular weight excluding hydrogens is 465 g/mol. The average Bonchev–Trinajstić information content (AvgIpc) is 2.82. The Morgan fingerprint density at radius 1 is 1.15 bits per heavy atom. The molecule has 2 aromatic rings. The number of thioether (sulfide) groups is 1. The molecule has 33 heavy (non-hydrogen) atoms. The van der Waals surface area contributed by atoms with Gasteiger partial charge in [0.15, 0.2) is 0 Å². The van der Waals surface area contributed by atoms with Crippen LogP contribution in [0.1, 0.15) is 20.3 Å². The molecule has 1 heterocycles. The fraction of sp³-hybridized carbons (Fsp3) is 0.435. The highest BCUT2D eigenvalue weighted by Gasteiger charge is 2.27. The predicted octanol–water partition coefficient (Wildman–Crippen LogP) is 3.81. The number of halogens is 1. The van der Waals surface area contributed by atoms with E-state index in [4.69, 9.17) is 4.74 Å². The van der Waals surface area contributed by atoms with Gasteiger partial charge in [0.1, 0.15) is 5.82 Å². The molecule has 10 heteroatoms. The first kappa shape index (κ1) is 25.5. The molecule has 3 rings (SSSR count). The molecule has 1 N–H and O–H groups in total. The first-order valence-corrected chi connectivity index (χ1v) is 13.4. The molecule has 0 radical (unpaired) electrons. The summed E-state index contributed by atoms with van der Waals surface area (Å²) < 4.78 is 46.7. The van der Waals surface area contributed by atoms with Crippen LogP contribution in [-0.2, 0) is 19.6 Å². The first-order chi connectivity index (χ1) is 15.9. The summed E-state index contributed by atoms with van der Waals surface area (Å²) in [5.41, 5.74) is 1.21. The van der Waals surface area contributed by atoms with Gasteiger partial charge in [-0.15, -0.1) is 11.8 Å². The van der Waals surface area contributed by atoms with Gasteiger partial charge in [0, 0.05) is 43.2 Å². The number of carbonyl (C=O) groups excluding carboxylic acids is 1. The monoisotopic (exact) mass is 495 g/mol. The van der Waals surface area contributed by atoms with Gasteiger partial charge in [0.2, 0.25) is 15.9 Å². The Hall–Kier alpha value is -2.14. The SMILES string of the molecule is CCN(CC)c1ccc(S(=O)(=O)N2CCOCC2)cc1NC(=O)CCSc1ccccc1F. The highest BCUT2D eigenvalue weighted by Crippen LogP contribution is 2.31. The number of anilines is 2. The van der Waals surface area contributed by atoms with Crippen molar-refractivity contribution < 1.29 is 22.3 Å². The van der Waals surface area contributed by atoms with Crippen molar-refractivity contribution in [2.24, 2.45) is 0 Å². The zero-order chi connectivity index (χ0) is 23.8. The van der Waals surface area contributed by atoms with Crippen LogP contribution in [0, 0.1) is 5.82 Å². The molecule has 0 aromatic heterocycles. The number of nitrogens with one attached hydrogen (secondary N) is 1. The van der Waals surface area contributed by atoms with Gasteiger partial charge in [0.05, 0.1) is 29.5 Å². The number of rotatable bonds is 10. The summed E-state index contributed by atoms with van der Waals surface area (Å²) in [6.07, 6.45) is 0.164. The smallest absolute Gasteiger partial charge is 0.243 e. The standard InChI is InChI=1S/C23H30FN3O4S2/c1-3-26(4-2)21-10-9-18(33(29,30)27-12-14-31-15-13-27)17-20(21)25-23(28)11-16-32-22-8-6-5-7-19(22)24/h5-10,17H,3-4,11-16H2,1-2H3,(H,25,28). The van der Waals surface area contributed by atoms with Gasteiger partial charge in [-0.05, 0) is 44.2 Å². The summed E-state index contributed by atoms with van der Waals surface area (Å²) in [7, 11) is -3.70. The van der Waals surface area contributed by atoms with Crippen molar-refractivity contribution in [3.05, 3.63) is 48.3 Å². The lowest BCUT2D eigenvalue weighted by Gasteiger charge is -2.28. The van der Waals surface area contributed by atoms with E-state index in [0.29, 0.717) is 55.7 Å². The van der Waals surface area contributed by atoms with Gasteiger partial charge in [-0.3, -0.25) is 4.79 Å². The number of hydrogen-bond acceptors (Lipinski definition) is 6. The summed E-state index contributed by atoms with van der Waals surface area (Å²) in [6, 6.07) is 11.3. The van der Waals surface area contributed by atoms with Gasteiger partial charge < -0.3 is 15.0 Å². The van der Waals surface area contributed by atoms with Crippen molar-refractivity contribution in [1.29, 1.82) is 0 Å². The fourth-order valence-electron chi connectivity index (χ4n) is 3.58. The van der Waals surface area contributed by atoms with Crippen LogP contribution in [0.15, 0.2) is 52.3 Å². The van der Waals surface area contributed by atoms with E-state index in [1.807, 2.05) is 13.8 Å². The Bertz CT molecular complexity index is 1060. The fourth-order valence-corrected chi connectivity index (χ4v) is 5.90. The molecule has 1 fully saturated rings. The minimum Gasteiger partial charge on any atom is -0.379 e. The summed E-state index contributed by atoms with van der Waals surface area (Å²) >= 11 is 1.27. The summed E-state index contributed by atoms with van der Waals surface area (Å²) in [5, 5.41) is 2.88. The zero-order valence-corrected chi connectivity index (χ0v) is 20.6. The van der Waals surface area contributed by atoms with E-state index >= 15 is 0 Å². The highest BCUT2D eigenvalue weighted by molar-refractivity contribution is 7.99. The molecule has 0 aliphatic carbocycles. The molecule has 2 aromatic carbocycles. The van der Waals surface area contributed by atoms with Gasteiger partial charge in [-0.25, -0.2) is 12.8 Å². The summed E-state index contributed by atoms with van der Waals surface area (Å²) in [6.45, 7) is 6.73. The van der Waals surface area contributed by atoms with Crippen molar-refractivity contribution in [3.8, 4) is 0 Å². The van der Waals surface area contributed by atoms with Crippen LogP contribution < -0.4 is 10.2 Å². The number of amides is 1. The Morgan fingerprint density at radius 3 is 2.52 bits per heavy atom. The van der Waals surface area contributed by atoms with E-state index in [2.05, 4.69) is 10.2 Å². The number of benzene rings is 2. The van der Waals surface area contributed by atoms with Crippen LogP contribution >= 0.6 is 11.8 Å². The van der Waals surface area contributed by atoms with Gasteiger partial charge in [0.25, 0.3) is 0 Å². The third-order valence-corrected chi connectivity index (χ3v) is 8.32. The number of morpholine rings is 1. The molecule has 1 saturated heterocycles. The van der Waals surface area contributed by atoms with Gasteiger partial charge >= 0.3 is 0 Å². The van der Waals surface area contributed by atoms with Crippen molar-refractivity contribution in [1.82, 2.24) is 4.31 Å². The average molecular weight is 496 g/mol. The van der Waals surface area contributed by atoms with Gasteiger partial charge in [-0.1, -0.05) is 12.1 Å². The molecule has 0 bridgehead atoms. The summed E-state index contributed by atoms with van der Waals surface area (Å²) in [4.78, 5) is 15.4. The third kappa shape index (κ3) is 6.47. The quantitative estimate of drug-likeness (QED) is 0.505. The Balaban J connectivity index is 1.77. The highest BCUT2D eigenvalue weighted by atomic mass is 32.2. The molecule has 180 valence electrons. The first-order valence-electron chi connectivity index (χ1n) is 11.0. The molecule has 1 amide bonds. The van der Waals surface area contributed by atoms with Crippen molar-refractivity contribution >= 4 is 39.1 Å². The molecular formula is C23H30FN3O4S2. The molecule has 0 atom stereocenters. The predicted molar refractivity (Wildman–Crippen MR) is 130 cm³/mol. The molecule has 0 saturated carbocycles. The second kappa shape index (κ2) is 11.8. The minimum absolute atomic E-state index is 0.135. The molecule has 0 spiro atoms. The van der Waals surface area contributed by atoms with E-state index in [-0.39, 0.29) is 23.0 Å². The lowest BCUT2D eigenvalue weighted by atomic mass is 10.2. The third-order valence-electron chi connectivity index (χ3n) is 5.38. The van der Waals surface area contributed by atoms with E-state index in [1.165, 1.54) is 28.2 Å². The number of carbonyl (C=O) groups is 1. The number of hydrogen-bond donors (Lipinski definition) is 1. The lowest BCUT2D eigenvalue weighted by Crippen LogP contribution is -2.40. The molecule has 0 unspecified atom stereocenters. The van der Waals surface area contributed by atoms with Crippen LogP contribution in [0.3, 0.4) is 0 Å². The normalized spacial score (nSPS) is 14.8. The largest absolute Gasteiger partial charge is 0.379 e. The number of ether oxygens (including phenoxy) is 1. The molecule has 1 aliphatic heterocycles. The van der Waals surface area contributed by atoms with Crippen LogP contribution in [0.25, 0.3) is 0 Å². The van der Waals surface area contributed by atoms with Crippen molar-refractivity contribution in [2.45, 2.75) is 30.1 Å². The van der Waals surface area contributed by atoms with Gasteiger partial charge in [-0.2, -0.15) is 4.31 Å². The van der Waals surface area contributed by atoms with E-state index < -0.39 is 10.0 Å². The maximum absolute atomic E-state index is 13.8. The lowest BCUT2D eigenvalue weighted by molar-refractivity contribution is -0.115. The second-order valence-corrected chi connectivity index (χ2v) is 10.5. The molecule has 1 aliphatic rings.